The first-order chi connectivity index (χ1) is 29.4. The molecule has 2 N–H and O–H groups in total. The van der Waals surface area contributed by atoms with Gasteiger partial charge in [-0.05, 0) is 129 Å². The molecule has 2 aromatic heterocycles. The lowest BCUT2D eigenvalue weighted by Gasteiger charge is -2.29. The third-order valence-corrected chi connectivity index (χ3v) is 12.4. The lowest BCUT2D eigenvalue weighted by atomic mass is 9.76. The Hall–Kier alpha value is -5.92. The van der Waals surface area contributed by atoms with Gasteiger partial charge in [0.2, 0.25) is 10.3 Å². The normalized spacial score (nSPS) is 15.4. The van der Waals surface area contributed by atoms with E-state index in [-0.39, 0.29) is 0 Å². The van der Waals surface area contributed by atoms with E-state index in [0.29, 0.717) is 57.6 Å². The quantitative estimate of drug-likeness (QED) is 0.0192. The number of esters is 2. The highest BCUT2D eigenvalue weighted by molar-refractivity contribution is 7.22. The number of nitrogens with zero attached hydrogens (tertiary/aromatic N) is 4. The monoisotopic (exact) mass is 842 g/mol. The number of ether oxygens (including phenoxy) is 3. The van der Waals surface area contributed by atoms with Crippen LogP contribution < -0.4 is 20.3 Å². The van der Waals surface area contributed by atoms with Crippen molar-refractivity contribution in [3.8, 4) is 11.5 Å². The minimum absolute atomic E-state index is 0.340. The van der Waals surface area contributed by atoms with E-state index in [4.69, 9.17) is 14.2 Å². The minimum Gasteiger partial charge on any atom is -0.494 e. The molecule has 0 unspecified atom stereocenters. The zero-order chi connectivity index (χ0) is 41.5. The van der Waals surface area contributed by atoms with Crippen molar-refractivity contribution in [3.63, 3.8) is 0 Å². The largest absolute Gasteiger partial charge is 0.494 e. The molecule has 1 aliphatic rings. The van der Waals surface area contributed by atoms with Gasteiger partial charge in [-0.25, -0.2) is 19.6 Å². The molecule has 1 aliphatic carbocycles. The van der Waals surface area contributed by atoms with Crippen molar-refractivity contribution in [2.45, 2.75) is 77.0 Å². The first kappa shape index (κ1) is 42.2. The van der Waals surface area contributed by atoms with Crippen LogP contribution in [0.2, 0.25) is 0 Å². The number of anilines is 2. The molecule has 2 heterocycles. The summed E-state index contributed by atoms with van der Waals surface area (Å²) in [5.41, 5.74) is 10.8. The molecule has 0 spiro atoms. The Labute approximate surface area is 358 Å². The molecule has 1 fully saturated rings. The smallest absolute Gasteiger partial charge is 0.343 e. The van der Waals surface area contributed by atoms with E-state index in [2.05, 4.69) is 56.7 Å². The summed E-state index contributed by atoms with van der Waals surface area (Å²) in [6.07, 6.45) is 15.1. The third kappa shape index (κ3) is 11.6. The summed E-state index contributed by atoms with van der Waals surface area (Å²) in [7, 11) is 0. The number of nitrogens with one attached hydrogen (secondary N) is 2. The van der Waals surface area contributed by atoms with Gasteiger partial charge in [0.25, 0.3) is 0 Å². The molecule has 310 valence electrons. The van der Waals surface area contributed by atoms with E-state index in [1.54, 1.807) is 36.7 Å². The number of hydrazone groups is 2. The predicted octanol–water partition coefficient (Wildman–Crippen LogP) is 11.8. The number of carbonyl (C=O) groups is 2. The second kappa shape index (κ2) is 21.4. The molecule has 6 aromatic rings. The van der Waals surface area contributed by atoms with Crippen LogP contribution >= 0.6 is 22.7 Å². The van der Waals surface area contributed by atoms with Crippen LogP contribution in [0.25, 0.3) is 20.4 Å². The van der Waals surface area contributed by atoms with E-state index >= 15 is 0 Å². The van der Waals surface area contributed by atoms with E-state index in [9.17, 15) is 9.59 Å². The van der Waals surface area contributed by atoms with Gasteiger partial charge in [0.1, 0.15) is 11.5 Å². The van der Waals surface area contributed by atoms with Crippen LogP contribution in [0, 0.1) is 5.92 Å². The van der Waals surface area contributed by atoms with Crippen LogP contribution in [0.4, 0.5) is 10.3 Å². The Morgan fingerprint density at radius 2 is 1.37 bits per heavy atom. The average Bonchev–Trinajstić information content (AvgIpc) is 3.89. The van der Waals surface area contributed by atoms with Crippen molar-refractivity contribution < 1.29 is 23.8 Å². The van der Waals surface area contributed by atoms with Crippen molar-refractivity contribution in [2.24, 2.45) is 16.1 Å². The predicted molar refractivity (Wildman–Crippen MR) is 244 cm³/mol. The zero-order valence-corrected chi connectivity index (χ0v) is 35.4. The van der Waals surface area contributed by atoms with Crippen LogP contribution in [0.5, 0.6) is 11.5 Å². The van der Waals surface area contributed by atoms with Crippen molar-refractivity contribution in [1.82, 2.24) is 9.97 Å². The Kier molecular flexibility index (Phi) is 15.0. The number of carbonyl (C=O) groups excluding carboxylic acids is 2. The molecule has 60 heavy (non-hydrogen) atoms. The molecule has 11 nitrogen and oxygen atoms in total. The van der Waals surface area contributed by atoms with Gasteiger partial charge in [0.05, 0.1) is 51.6 Å². The summed E-state index contributed by atoms with van der Waals surface area (Å²) in [6.45, 7) is 6.59. The number of fused-ring (bicyclic) bond motifs is 2. The van der Waals surface area contributed by atoms with Gasteiger partial charge in [0.15, 0.2) is 0 Å². The maximum Gasteiger partial charge on any atom is 0.343 e. The van der Waals surface area contributed by atoms with Crippen molar-refractivity contribution in [3.05, 3.63) is 120 Å². The van der Waals surface area contributed by atoms with Crippen molar-refractivity contribution in [2.75, 3.05) is 24.1 Å². The Morgan fingerprint density at radius 1 is 0.783 bits per heavy atom. The number of rotatable bonds is 20. The zero-order valence-electron chi connectivity index (χ0n) is 33.8. The summed E-state index contributed by atoms with van der Waals surface area (Å²) in [4.78, 5) is 34.4. The molecule has 1 saturated carbocycles. The maximum atomic E-state index is 13.9. The van der Waals surface area contributed by atoms with Crippen LogP contribution in [0.15, 0.2) is 108 Å². The fourth-order valence-corrected chi connectivity index (χ4v) is 9.04. The molecule has 0 saturated heterocycles. The number of hydrogen-bond acceptors (Lipinski definition) is 13. The fraction of sp³-hybridized carbons (Fsp3) is 0.319. The van der Waals surface area contributed by atoms with Gasteiger partial charge < -0.3 is 14.2 Å². The summed E-state index contributed by atoms with van der Waals surface area (Å²) >= 11 is 3.03. The standard InChI is InChI=1S/C47H50N6O5S2/c1-3-13-32-18-20-33(21-19-32)35-28-36(30-48-52-46-50-39-14-7-9-16-41(39)59-46)44(37(29-35)31-49-53-47-51-40-15-8-10-17-42(40)60-47)58-45(55)34-22-24-38(25-23-34)56-26-11-5-6-12-27-57-43(54)4-2/h4,7-10,14-17,22-25,28-33H,2-3,5-6,11-13,18-21,26-27H2,1H3,(H,50,52)(H,51,53)/b48-30+,49-31+. The Balaban J connectivity index is 1.11. The lowest BCUT2D eigenvalue weighted by molar-refractivity contribution is -0.137. The number of para-hydroxylation sites is 2. The first-order valence-corrected chi connectivity index (χ1v) is 22.3. The number of aromatic nitrogens is 2. The Bertz CT molecular complexity index is 2260. The molecule has 4 aromatic carbocycles. The molecule has 0 atom stereocenters. The number of unbranched alkanes of at least 4 members (excludes halogenated alkanes) is 3. The number of benzene rings is 4. The van der Waals surface area contributed by atoms with Gasteiger partial charge in [0, 0.05) is 17.2 Å². The summed E-state index contributed by atoms with van der Waals surface area (Å²) in [5, 5.41) is 10.5. The highest BCUT2D eigenvalue weighted by Crippen LogP contribution is 2.40. The van der Waals surface area contributed by atoms with Crippen LogP contribution in [-0.4, -0.2) is 47.5 Å². The van der Waals surface area contributed by atoms with Gasteiger partial charge in [-0.3, -0.25) is 10.9 Å². The second-order valence-electron chi connectivity index (χ2n) is 14.8. The fourth-order valence-electron chi connectivity index (χ4n) is 7.41. The molecular formula is C47H50N6O5S2. The van der Waals surface area contributed by atoms with Crippen molar-refractivity contribution in [1.29, 1.82) is 0 Å². The number of hydrogen-bond donors (Lipinski definition) is 2. The Morgan fingerprint density at radius 3 is 1.93 bits per heavy atom. The molecule has 7 rings (SSSR count). The first-order valence-electron chi connectivity index (χ1n) is 20.7. The van der Waals surface area contributed by atoms with Crippen LogP contribution in [-0.2, 0) is 9.53 Å². The van der Waals surface area contributed by atoms with E-state index in [1.165, 1.54) is 54.4 Å². The van der Waals surface area contributed by atoms with Gasteiger partial charge in [-0.1, -0.05) is 73.3 Å². The second-order valence-corrected chi connectivity index (χ2v) is 16.9. The SMILES string of the molecule is C=CC(=O)OCCCCCCOc1ccc(C(=O)Oc2c(/C=N/Nc3nc4ccccc4s3)cc(C3CCC(CCC)CC3)cc2/C=N/Nc2nc3ccccc3s2)cc1. The van der Waals surface area contributed by atoms with E-state index < -0.39 is 11.9 Å². The van der Waals surface area contributed by atoms with Crippen molar-refractivity contribution >= 4 is 77.7 Å². The molecule has 0 aliphatic heterocycles. The summed E-state index contributed by atoms with van der Waals surface area (Å²) < 4.78 is 19.4. The molecule has 13 heteroatoms. The van der Waals surface area contributed by atoms with Crippen LogP contribution in [0.3, 0.4) is 0 Å². The van der Waals surface area contributed by atoms with E-state index in [0.717, 1.165) is 70.4 Å². The lowest BCUT2D eigenvalue weighted by Crippen LogP contribution is -2.15. The van der Waals surface area contributed by atoms with Gasteiger partial charge in [-0.15, -0.1) is 0 Å². The van der Waals surface area contributed by atoms with Gasteiger partial charge >= 0.3 is 11.9 Å². The average molecular weight is 843 g/mol. The molecular weight excluding hydrogens is 793 g/mol. The molecule has 0 radical (unpaired) electrons. The molecule has 0 amide bonds. The van der Waals surface area contributed by atoms with Gasteiger partial charge in [-0.2, -0.15) is 10.2 Å². The van der Waals surface area contributed by atoms with Crippen LogP contribution in [0.1, 0.15) is 104 Å². The topological polar surface area (TPSA) is 136 Å². The number of thiazole rings is 2. The minimum atomic E-state index is -0.519. The maximum absolute atomic E-state index is 13.9. The molecule has 0 bridgehead atoms. The van der Waals surface area contributed by atoms with E-state index in [1.807, 2.05) is 48.5 Å². The summed E-state index contributed by atoms with van der Waals surface area (Å²) in [5.74, 6) is 1.19. The highest BCUT2D eigenvalue weighted by atomic mass is 32.1. The highest BCUT2D eigenvalue weighted by Gasteiger charge is 2.25. The third-order valence-electron chi connectivity index (χ3n) is 10.5. The summed E-state index contributed by atoms with van der Waals surface area (Å²) in [6, 6.07) is 27.1.